The van der Waals surface area contributed by atoms with Crippen molar-refractivity contribution in [3.05, 3.63) is 34.7 Å². The number of imide groups is 1. The average molecular weight is 362 g/mol. The van der Waals surface area contributed by atoms with Gasteiger partial charge in [0.25, 0.3) is 11.1 Å². The molecule has 1 aromatic carbocycles. The number of para-hydroxylation sites is 1. The Morgan fingerprint density at radius 1 is 1.24 bits per heavy atom. The van der Waals surface area contributed by atoms with Crippen LogP contribution in [0, 0.1) is 0 Å². The van der Waals surface area contributed by atoms with Crippen LogP contribution in [0.5, 0.6) is 5.75 Å². The molecule has 2 fully saturated rings. The first-order valence-electron chi connectivity index (χ1n) is 8.24. The lowest BCUT2D eigenvalue weighted by Crippen LogP contribution is -2.50. The number of rotatable bonds is 4. The van der Waals surface area contributed by atoms with Gasteiger partial charge in [-0.2, -0.15) is 0 Å². The third-order valence-electron chi connectivity index (χ3n) is 4.14. The van der Waals surface area contributed by atoms with Gasteiger partial charge in [0.1, 0.15) is 5.75 Å². The minimum atomic E-state index is -0.257. The van der Waals surface area contributed by atoms with Crippen LogP contribution in [0.1, 0.15) is 19.4 Å². The standard InChI is InChI=1S/C18H22N2O4S/c1-12-9-19(10-13(2)24-12)11-20-17(21)16(25-18(20)22)8-14-6-4-5-7-15(14)23-3/h4-8,12-13H,9-11H2,1-3H3/b16-8-. The van der Waals surface area contributed by atoms with E-state index in [1.807, 2.05) is 38.1 Å². The van der Waals surface area contributed by atoms with E-state index in [0.29, 0.717) is 30.4 Å². The third kappa shape index (κ3) is 4.05. The Morgan fingerprint density at radius 3 is 2.60 bits per heavy atom. The van der Waals surface area contributed by atoms with Crippen molar-refractivity contribution in [2.24, 2.45) is 0 Å². The first-order chi connectivity index (χ1) is 12.0. The molecule has 2 amide bonds. The Balaban J connectivity index is 1.75. The summed E-state index contributed by atoms with van der Waals surface area (Å²) in [5, 5.41) is -0.238. The van der Waals surface area contributed by atoms with Crippen LogP contribution < -0.4 is 4.74 Å². The van der Waals surface area contributed by atoms with Gasteiger partial charge in [0.05, 0.1) is 30.9 Å². The molecule has 0 saturated carbocycles. The summed E-state index contributed by atoms with van der Waals surface area (Å²) in [4.78, 5) is 28.8. The molecule has 0 spiro atoms. The van der Waals surface area contributed by atoms with Crippen molar-refractivity contribution in [1.82, 2.24) is 9.80 Å². The summed E-state index contributed by atoms with van der Waals surface area (Å²) in [6, 6.07) is 7.42. The van der Waals surface area contributed by atoms with Gasteiger partial charge in [0.15, 0.2) is 0 Å². The fourth-order valence-electron chi connectivity index (χ4n) is 3.15. The van der Waals surface area contributed by atoms with Crippen molar-refractivity contribution in [2.75, 3.05) is 26.9 Å². The Hall–Kier alpha value is -1.83. The lowest BCUT2D eigenvalue weighted by Gasteiger charge is -2.36. The van der Waals surface area contributed by atoms with E-state index in [4.69, 9.17) is 9.47 Å². The number of morpholine rings is 1. The number of thioether (sulfide) groups is 1. The highest BCUT2D eigenvalue weighted by atomic mass is 32.2. The molecule has 1 aromatic rings. The quantitative estimate of drug-likeness (QED) is 0.768. The molecule has 2 aliphatic rings. The van der Waals surface area contributed by atoms with E-state index in [1.165, 1.54) is 4.90 Å². The van der Waals surface area contributed by atoms with Gasteiger partial charge in [-0.05, 0) is 37.8 Å². The van der Waals surface area contributed by atoms with Crippen LogP contribution in [0.25, 0.3) is 6.08 Å². The van der Waals surface area contributed by atoms with Crippen molar-refractivity contribution in [2.45, 2.75) is 26.1 Å². The van der Waals surface area contributed by atoms with Crippen molar-refractivity contribution in [3.8, 4) is 5.75 Å². The Bertz CT molecular complexity index is 696. The number of methoxy groups -OCH3 is 1. The van der Waals surface area contributed by atoms with Crippen molar-refractivity contribution in [3.63, 3.8) is 0 Å². The summed E-state index contributed by atoms with van der Waals surface area (Å²) in [6.07, 6.45) is 1.90. The first kappa shape index (κ1) is 18.0. The van der Waals surface area contributed by atoms with Crippen molar-refractivity contribution >= 4 is 29.0 Å². The van der Waals surface area contributed by atoms with Gasteiger partial charge >= 0.3 is 0 Å². The van der Waals surface area contributed by atoms with E-state index in [2.05, 4.69) is 4.90 Å². The zero-order valence-corrected chi connectivity index (χ0v) is 15.4. The minimum Gasteiger partial charge on any atom is -0.496 e. The maximum absolute atomic E-state index is 12.7. The number of hydrogen-bond acceptors (Lipinski definition) is 6. The molecule has 0 aliphatic carbocycles. The summed E-state index contributed by atoms with van der Waals surface area (Å²) in [5.74, 6) is 0.415. The van der Waals surface area contributed by atoms with Gasteiger partial charge in [-0.15, -0.1) is 0 Å². The lowest BCUT2D eigenvalue weighted by atomic mass is 10.2. The molecule has 2 unspecified atom stereocenters. The van der Waals surface area contributed by atoms with Crippen LogP contribution >= 0.6 is 11.8 Å². The number of benzene rings is 1. The second-order valence-corrected chi connectivity index (χ2v) is 7.28. The maximum atomic E-state index is 12.7. The van der Waals surface area contributed by atoms with E-state index in [1.54, 1.807) is 13.2 Å². The third-order valence-corrected chi connectivity index (χ3v) is 5.04. The Labute approximate surface area is 151 Å². The number of carbonyl (C=O) groups excluding carboxylic acids is 2. The zero-order valence-electron chi connectivity index (χ0n) is 14.6. The van der Waals surface area contributed by atoms with Crippen molar-refractivity contribution < 1.29 is 19.1 Å². The molecule has 0 bridgehead atoms. The molecule has 2 atom stereocenters. The fraction of sp³-hybridized carbons (Fsp3) is 0.444. The van der Waals surface area contributed by atoms with Crippen LogP contribution in [0.2, 0.25) is 0 Å². The number of carbonyl (C=O) groups is 2. The maximum Gasteiger partial charge on any atom is 0.294 e. The predicted octanol–water partition coefficient (Wildman–Crippen LogP) is 2.80. The molecule has 7 heteroatoms. The van der Waals surface area contributed by atoms with Crippen LogP contribution in [0.3, 0.4) is 0 Å². The lowest BCUT2D eigenvalue weighted by molar-refractivity contribution is -0.127. The van der Waals surface area contributed by atoms with Gasteiger partial charge in [0.2, 0.25) is 0 Å². The second-order valence-electron chi connectivity index (χ2n) is 6.29. The normalized spacial score (nSPS) is 26.5. The predicted molar refractivity (Wildman–Crippen MR) is 97.3 cm³/mol. The van der Waals surface area contributed by atoms with E-state index in [9.17, 15) is 9.59 Å². The van der Waals surface area contributed by atoms with Crippen LogP contribution in [-0.4, -0.2) is 60.0 Å². The molecule has 2 saturated heterocycles. The van der Waals surface area contributed by atoms with Gasteiger partial charge in [0, 0.05) is 18.7 Å². The molecule has 25 heavy (non-hydrogen) atoms. The zero-order chi connectivity index (χ0) is 18.0. The number of nitrogens with zero attached hydrogens (tertiary/aromatic N) is 2. The fourth-order valence-corrected chi connectivity index (χ4v) is 3.97. The molecule has 3 rings (SSSR count). The second kappa shape index (κ2) is 7.59. The Kier molecular flexibility index (Phi) is 5.46. The molecule has 0 N–H and O–H groups in total. The molecule has 134 valence electrons. The molecule has 0 aromatic heterocycles. The van der Waals surface area contributed by atoms with Gasteiger partial charge in [-0.1, -0.05) is 18.2 Å². The molecule has 2 heterocycles. The highest BCUT2D eigenvalue weighted by Gasteiger charge is 2.37. The van der Waals surface area contributed by atoms with Gasteiger partial charge < -0.3 is 9.47 Å². The average Bonchev–Trinajstić information content (AvgIpc) is 2.82. The topological polar surface area (TPSA) is 59.1 Å². The minimum absolute atomic E-state index is 0.0906. The van der Waals surface area contributed by atoms with E-state index in [-0.39, 0.29) is 23.4 Å². The van der Waals surface area contributed by atoms with Gasteiger partial charge in [-0.25, -0.2) is 0 Å². The van der Waals surface area contributed by atoms with Crippen LogP contribution in [0.4, 0.5) is 4.79 Å². The first-order valence-corrected chi connectivity index (χ1v) is 9.05. The smallest absolute Gasteiger partial charge is 0.294 e. The molecule has 2 aliphatic heterocycles. The van der Waals surface area contributed by atoms with Crippen LogP contribution in [-0.2, 0) is 9.53 Å². The van der Waals surface area contributed by atoms with Gasteiger partial charge in [-0.3, -0.25) is 19.4 Å². The van der Waals surface area contributed by atoms with Crippen LogP contribution in [0.15, 0.2) is 29.2 Å². The monoisotopic (exact) mass is 362 g/mol. The summed E-state index contributed by atoms with van der Waals surface area (Å²) in [6.45, 7) is 5.71. The summed E-state index contributed by atoms with van der Waals surface area (Å²) in [5.41, 5.74) is 0.782. The summed E-state index contributed by atoms with van der Waals surface area (Å²) < 4.78 is 11.0. The number of ether oxygens (including phenoxy) is 2. The van der Waals surface area contributed by atoms with E-state index in [0.717, 1.165) is 17.3 Å². The molecular formula is C18H22N2O4S. The molecule has 0 radical (unpaired) electrons. The summed E-state index contributed by atoms with van der Waals surface area (Å²) >= 11 is 0.971. The van der Waals surface area contributed by atoms with Crippen molar-refractivity contribution in [1.29, 1.82) is 0 Å². The molecular weight excluding hydrogens is 340 g/mol. The highest BCUT2D eigenvalue weighted by molar-refractivity contribution is 8.18. The number of hydrogen-bond donors (Lipinski definition) is 0. The highest BCUT2D eigenvalue weighted by Crippen LogP contribution is 2.34. The van der Waals surface area contributed by atoms with E-state index < -0.39 is 0 Å². The Morgan fingerprint density at radius 2 is 1.92 bits per heavy atom. The van der Waals surface area contributed by atoms with E-state index >= 15 is 0 Å². The molecule has 6 nitrogen and oxygen atoms in total. The SMILES string of the molecule is COc1ccccc1/C=C1\SC(=O)N(CN2CC(C)OC(C)C2)C1=O. The summed E-state index contributed by atoms with van der Waals surface area (Å²) in [7, 11) is 1.58. The largest absolute Gasteiger partial charge is 0.496 e. The number of amides is 2.